The highest BCUT2D eigenvalue weighted by Crippen LogP contribution is 2.40. The number of thiazole rings is 1. The van der Waals surface area contributed by atoms with Crippen LogP contribution in [0.25, 0.3) is 5.65 Å². The molecule has 2 amide bonds. The number of nitrogen functional groups attached to an aromatic ring is 1. The predicted octanol–water partition coefficient (Wildman–Crippen LogP) is -1.37. The Morgan fingerprint density at radius 3 is 2.87 bits per heavy atom. The number of nitro groups is 1. The number of amides is 2. The molecule has 3 aromatic rings. The maximum atomic E-state index is 13.0. The summed E-state index contributed by atoms with van der Waals surface area (Å²) < 4.78 is 3.26. The predicted molar refractivity (Wildman–Crippen MR) is 131 cm³/mol. The third-order valence-electron chi connectivity index (χ3n) is 5.90. The molecule has 3 N–H and O–H groups in total. The SMILES string of the molecule is CO/N=C(\C(=O)N[C@@H]1C(=O)N2C(C(=O)[O-])=C(C[n+]3ccn4cc([N+](=O)[O-])ccc43)CS[C@@H]12)c1csc(N)n1. The smallest absolute Gasteiger partial charge is 0.308 e. The fraction of sp³-hybridized carbons (Fsp3) is 0.238. The number of aromatic nitrogens is 3. The van der Waals surface area contributed by atoms with Gasteiger partial charge in [-0.25, -0.2) is 9.55 Å². The van der Waals surface area contributed by atoms with Crippen molar-refractivity contribution in [3.8, 4) is 0 Å². The van der Waals surface area contributed by atoms with E-state index in [1.807, 2.05) is 0 Å². The van der Waals surface area contributed by atoms with Crippen molar-refractivity contribution in [2.45, 2.75) is 18.0 Å². The first-order valence-corrected chi connectivity index (χ1v) is 12.8. The van der Waals surface area contributed by atoms with Crippen molar-refractivity contribution in [2.75, 3.05) is 18.6 Å². The monoisotopic (exact) mass is 558 g/mol. The van der Waals surface area contributed by atoms with Crippen LogP contribution >= 0.6 is 23.1 Å². The molecule has 2 aliphatic rings. The number of pyridine rings is 1. The highest BCUT2D eigenvalue weighted by atomic mass is 32.2. The maximum absolute atomic E-state index is 13.0. The van der Waals surface area contributed by atoms with Gasteiger partial charge in [0.1, 0.15) is 43.2 Å². The molecule has 0 aliphatic carbocycles. The molecule has 15 nitrogen and oxygen atoms in total. The Balaban J connectivity index is 1.37. The number of fused-ring (bicyclic) bond motifs is 2. The van der Waals surface area contributed by atoms with E-state index in [1.54, 1.807) is 27.4 Å². The number of nitrogens with zero attached hydrogens (tertiary/aromatic N) is 6. The molecule has 2 atom stereocenters. The van der Waals surface area contributed by atoms with E-state index in [1.165, 1.54) is 36.5 Å². The van der Waals surface area contributed by atoms with Crippen molar-refractivity contribution >= 4 is 63.1 Å². The molecule has 38 heavy (non-hydrogen) atoms. The van der Waals surface area contributed by atoms with Gasteiger partial charge in [-0.15, -0.1) is 23.1 Å². The summed E-state index contributed by atoms with van der Waals surface area (Å²) in [4.78, 5) is 58.4. The van der Waals surface area contributed by atoms with Gasteiger partial charge < -0.3 is 25.8 Å². The number of thioether (sulfide) groups is 1. The summed E-state index contributed by atoms with van der Waals surface area (Å²) in [6.07, 6.45) is 4.60. The lowest BCUT2D eigenvalue weighted by atomic mass is 10.0. The van der Waals surface area contributed by atoms with Crippen molar-refractivity contribution < 1.29 is 33.8 Å². The number of nitrogens with one attached hydrogen (secondary N) is 1. The molecule has 0 radical (unpaired) electrons. The van der Waals surface area contributed by atoms with Gasteiger partial charge in [0, 0.05) is 28.8 Å². The number of aliphatic carboxylic acids is 1. The molecule has 5 heterocycles. The van der Waals surface area contributed by atoms with Gasteiger partial charge in [-0.2, -0.15) is 4.40 Å². The van der Waals surface area contributed by atoms with Crippen molar-refractivity contribution in [3.63, 3.8) is 0 Å². The Morgan fingerprint density at radius 1 is 1.42 bits per heavy atom. The second-order valence-electron chi connectivity index (χ2n) is 8.13. The van der Waals surface area contributed by atoms with Gasteiger partial charge in [0.2, 0.25) is 0 Å². The lowest BCUT2D eigenvalue weighted by Crippen LogP contribution is -2.71. The van der Waals surface area contributed by atoms with E-state index >= 15 is 0 Å². The molecule has 0 saturated carbocycles. The van der Waals surface area contributed by atoms with E-state index in [2.05, 4.69) is 15.5 Å². The molecular weight excluding hydrogens is 540 g/mol. The summed E-state index contributed by atoms with van der Waals surface area (Å²) >= 11 is 2.38. The fourth-order valence-electron chi connectivity index (χ4n) is 4.23. The molecular formula is C21H18N8O7S2. The zero-order valence-electron chi connectivity index (χ0n) is 19.5. The second-order valence-corrected chi connectivity index (χ2v) is 10.1. The first-order valence-electron chi connectivity index (χ1n) is 10.9. The van der Waals surface area contributed by atoms with Crippen LogP contribution in [-0.2, 0) is 25.8 Å². The van der Waals surface area contributed by atoms with Crippen LogP contribution in [-0.4, -0.2) is 67.0 Å². The van der Waals surface area contributed by atoms with Gasteiger partial charge in [-0.1, -0.05) is 5.16 Å². The van der Waals surface area contributed by atoms with Gasteiger partial charge in [0.15, 0.2) is 17.0 Å². The molecule has 196 valence electrons. The molecule has 0 unspecified atom stereocenters. The number of nitrogens with two attached hydrogens (primary N) is 1. The number of carboxylic acids is 1. The van der Waals surface area contributed by atoms with E-state index in [0.717, 1.165) is 16.2 Å². The normalized spacial score (nSPS) is 19.2. The quantitative estimate of drug-likeness (QED) is 0.109. The number of oxime groups is 1. The van der Waals surface area contributed by atoms with E-state index in [4.69, 9.17) is 10.6 Å². The summed E-state index contributed by atoms with van der Waals surface area (Å²) in [5, 5.41) is 30.5. The third-order valence-corrected chi connectivity index (χ3v) is 7.92. The molecule has 0 spiro atoms. The van der Waals surface area contributed by atoms with Crippen LogP contribution < -0.4 is 20.7 Å². The number of hydrogen-bond donors (Lipinski definition) is 2. The second kappa shape index (κ2) is 9.75. The molecule has 2 aliphatic heterocycles. The number of anilines is 1. The molecule has 5 rings (SSSR count). The van der Waals surface area contributed by atoms with E-state index < -0.39 is 34.1 Å². The minimum atomic E-state index is -1.53. The minimum absolute atomic E-state index is 0.0952. The van der Waals surface area contributed by atoms with Gasteiger partial charge in [-0.05, 0) is 0 Å². The Labute approximate surface area is 221 Å². The van der Waals surface area contributed by atoms with Crippen molar-refractivity contribution in [1.82, 2.24) is 19.6 Å². The molecule has 0 aromatic carbocycles. The largest absolute Gasteiger partial charge is 0.543 e. The summed E-state index contributed by atoms with van der Waals surface area (Å²) in [7, 11) is 1.25. The van der Waals surface area contributed by atoms with Gasteiger partial charge in [0.25, 0.3) is 17.5 Å². The Hall–Kier alpha value is -4.51. The third kappa shape index (κ3) is 4.30. The van der Waals surface area contributed by atoms with Crippen molar-refractivity contribution in [3.05, 3.63) is 63.2 Å². The number of rotatable bonds is 8. The van der Waals surface area contributed by atoms with Crippen LogP contribution in [0.5, 0.6) is 0 Å². The Kier molecular flexibility index (Phi) is 6.45. The molecule has 17 heteroatoms. The number of imidazole rings is 1. The topological polar surface area (TPSA) is 201 Å². The number of carboxylic acid groups (broad SMARTS) is 1. The number of carbonyl (C=O) groups is 3. The lowest BCUT2D eigenvalue weighted by Gasteiger charge is -2.50. The Morgan fingerprint density at radius 2 is 2.21 bits per heavy atom. The maximum Gasteiger partial charge on any atom is 0.308 e. The van der Waals surface area contributed by atoms with Gasteiger partial charge in [-0.3, -0.25) is 24.6 Å². The summed E-state index contributed by atoms with van der Waals surface area (Å²) in [5.41, 5.74) is 6.27. The van der Waals surface area contributed by atoms with E-state index in [0.29, 0.717) is 11.2 Å². The van der Waals surface area contributed by atoms with Crippen LogP contribution in [0.1, 0.15) is 5.69 Å². The number of carbonyl (C=O) groups excluding carboxylic acids is 3. The van der Waals surface area contributed by atoms with Gasteiger partial charge >= 0.3 is 5.69 Å². The summed E-state index contributed by atoms with van der Waals surface area (Å²) in [5.74, 6) is -2.64. The average Bonchev–Trinajstić information content (AvgIpc) is 3.50. The van der Waals surface area contributed by atoms with E-state index in [-0.39, 0.29) is 40.2 Å². The van der Waals surface area contributed by atoms with Crippen LogP contribution in [0.15, 0.2) is 52.5 Å². The van der Waals surface area contributed by atoms with E-state index in [9.17, 15) is 29.6 Å². The molecule has 3 aromatic heterocycles. The summed E-state index contributed by atoms with van der Waals surface area (Å²) in [6.45, 7) is 0.105. The number of β-lactam (4-membered cyclic amide) rings is 1. The Bertz CT molecular complexity index is 1560. The minimum Gasteiger partial charge on any atom is -0.543 e. The highest BCUT2D eigenvalue weighted by Gasteiger charge is 2.53. The standard InChI is InChI=1S/C21H18N8O7S2/c1-36-25-14(12-9-38-21(22)23-12)17(30)24-15-18(31)28-16(20(32)33)10(8-37-19(15)28)6-26-4-5-27-7-11(29(34)35)2-3-13(26)27/h2-5,7,9,15,19H,6,8H2,1H3,(H3-,22,23,24,30,32,33)/b25-14-/t15-,19+/m1/s1. The van der Waals surface area contributed by atoms with Crippen LogP contribution in [0.3, 0.4) is 0 Å². The molecule has 0 bridgehead atoms. The fourth-order valence-corrected chi connectivity index (χ4v) is 6.12. The zero-order valence-corrected chi connectivity index (χ0v) is 21.1. The van der Waals surface area contributed by atoms with Crippen LogP contribution in [0.2, 0.25) is 0 Å². The van der Waals surface area contributed by atoms with Crippen molar-refractivity contribution in [2.24, 2.45) is 5.16 Å². The first kappa shape index (κ1) is 25.2. The zero-order chi connectivity index (χ0) is 27.1. The molecule has 1 saturated heterocycles. The number of hydrogen-bond acceptors (Lipinski definition) is 12. The van der Waals surface area contributed by atoms with Crippen LogP contribution in [0.4, 0.5) is 10.8 Å². The van der Waals surface area contributed by atoms with Crippen LogP contribution in [0, 0.1) is 10.1 Å². The first-order chi connectivity index (χ1) is 18.2. The summed E-state index contributed by atoms with van der Waals surface area (Å²) in [6, 6.07) is 1.88. The lowest BCUT2D eigenvalue weighted by molar-refractivity contribution is -0.662. The van der Waals surface area contributed by atoms with Crippen molar-refractivity contribution in [1.29, 1.82) is 0 Å². The molecule has 1 fully saturated rings. The highest BCUT2D eigenvalue weighted by molar-refractivity contribution is 8.00. The average molecular weight is 559 g/mol. The van der Waals surface area contributed by atoms with Gasteiger partial charge in [0.05, 0.1) is 16.6 Å².